The van der Waals surface area contributed by atoms with E-state index >= 15 is 0 Å². The lowest BCUT2D eigenvalue weighted by atomic mass is 9.96. The summed E-state index contributed by atoms with van der Waals surface area (Å²) in [5, 5.41) is -0.963. The van der Waals surface area contributed by atoms with Crippen LogP contribution in [0.1, 0.15) is 6.92 Å². The highest BCUT2D eigenvalue weighted by Gasteiger charge is 2.42. The quantitative estimate of drug-likeness (QED) is 0.522. The average molecular weight is 197 g/mol. The standard InChI is InChI=1S/C8H8ClF3/c1-5-2-3-6(7(9)4-5)8(10,11)12/h2-4,6-7H,1H3. The maximum atomic E-state index is 12.2. The van der Waals surface area contributed by atoms with E-state index in [4.69, 9.17) is 11.6 Å². The summed E-state index contributed by atoms with van der Waals surface area (Å²) >= 11 is 5.51. The molecule has 0 bridgehead atoms. The zero-order chi connectivity index (χ0) is 9.35. The Kier molecular flexibility index (Phi) is 2.52. The highest BCUT2D eigenvalue weighted by Crippen LogP contribution is 2.35. The van der Waals surface area contributed by atoms with Crippen molar-refractivity contribution in [1.29, 1.82) is 0 Å². The Morgan fingerprint density at radius 3 is 2.42 bits per heavy atom. The zero-order valence-electron chi connectivity index (χ0n) is 6.40. The zero-order valence-corrected chi connectivity index (χ0v) is 7.15. The molecular formula is C8H8ClF3. The molecule has 0 nitrogen and oxygen atoms in total. The molecule has 0 fully saturated rings. The van der Waals surface area contributed by atoms with Gasteiger partial charge in [-0.3, -0.25) is 0 Å². The predicted octanol–water partition coefficient (Wildman–Crippen LogP) is 3.29. The van der Waals surface area contributed by atoms with Crippen molar-refractivity contribution in [3.05, 3.63) is 23.8 Å². The highest BCUT2D eigenvalue weighted by atomic mass is 35.5. The lowest BCUT2D eigenvalue weighted by molar-refractivity contribution is -0.159. The maximum Gasteiger partial charge on any atom is 0.396 e. The molecule has 12 heavy (non-hydrogen) atoms. The van der Waals surface area contributed by atoms with E-state index in [-0.39, 0.29) is 0 Å². The van der Waals surface area contributed by atoms with Crippen molar-refractivity contribution in [1.82, 2.24) is 0 Å². The molecule has 1 rings (SSSR count). The summed E-state index contributed by atoms with van der Waals surface area (Å²) in [6.45, 7) is 1.72. The molecule has 0 aromatic rings. The molecule has 0 aromatic carbocycles. The fourth-order valence-electron chi connectivity index (χ4n) is 1.06. The molecule has 1 aliphatic carbocycles. The number of allylic oxidation sites excluding steroid dienone is 4. The third kappa shape index (κ3) is 2.03. The van der Waals surface area contributed by atoms with E-state index < -0.39 is 17.5 Å². The molecule has 2 unspecified atom stereocenters. The SMILES string of the molecule is CC1=CC(Cl)C(C(F)(F)F)C=C1. The summed E-state index contributed by atoms with van der Waals surface area (Å²) < 4.78 is 36.5. The van der Waals surface area contributed by atoms with E-state index in [1.165, 1.54) is 12.2 Å². The summed E-state index contributed by atoms with van der Waals surface area (Å²) in [5.41, 5.74) is 0.774. The summed E-state index contributed by atoms with van der Waals surface area (Å²) in [7, 11) is 0. The minimum atomic E-state index is -4.24. The first-order chi connectivity index (χ1) is 5.41. The summed E-state index contributed by atoms with van der Waals surface area (Å²) in [5.74, 6) is -1.54. The molecular weight excluding hydrogens is 189 g/mol. The van der Waals surface area contributed by atoms with Crippen molar-refractivity contribution in [2.45, 2.75) is 18.5 Å². The Morgan fingerprint density at radius 2 is 2.00 bits per heavy atom. The van der Waals surface area contributed by atoms with Gasteiger partial charge in [0.25, 0.3) is 0 Å². The van der Waals surface area contributed by atoms with Gasteiger partial charge >= 0.3 is 6.18 Å². The largest absolute Gasteiger partial charge is 0.396 e. The minimum absolute atomic E-state index is 0.774. The van der Waals surface area contributed by atoms with Gasteiger partial charge in [-0.15, -0.1) is 11.6 Å². The topological polar surface area (TPSA) is 0 Å². The molecule has 0 saturated carbocycles. The molecule has 0 radical (unpaired) electrons. The van der Waals surface area contributed by atoms with Gasteiger partial charge in [-0.25, -0.2) is 0 Å². The van der Waals surface area contributed by atoms with Crippen LogP contribution in [0.4, 0.5) is 13.2 Å². The van der Waals surface area contributed by atoms with Crippen molar-refractivity contribution in [2.75, 3.05) is 0 Å². The highest BCUT2D eigenvalue weighted by molar-refractivity contribution is 6.22. The Labute approximate surface area is 73.7 Å². The van der Waals surface area contributed by atoms with Gasteiger partial charge in [0.1, 0.15) is 0 Å². The first kappa shape index (κ1) is 9.65. The molecule has 0 aliphatic heterocycles. The van der Waals surface area contributed by atoms with E-state index in [9.17, 15) is 13.2 Å². The third-order valence-electron chi connectivity index (χ3n) is 1.71. The molecule has 0 spiro atoms. The Bertz CT molecular complexity index is 227. The predicted molar refractivity (Wildman–Crippen MR) is 42.1 cm³/mol. The molecule has 0 N–H and O–H groups in total. The first-order valence-electron chi connectivity index (χ1n) is 3.48. The van der Waals surface area contributed by atoms with Crippen LogP contribution in [-0.4, -0.2) is 11.6 Å². The molecule has 0 heterocycles. The Balaban J connectivity index is 2.80. The molecule has 2 atom stereocenters. The van der Waals surface area contributed by atoms with Crippen LogP contribution in [0.2, 0.25) is 0 Å². The van der Waals surface area contributed by atoms with Crippen LogP contribution in [0, 0.1) is 5.92 Å². The van der Waals surface area contributed by atoms with E-state index in [1.54, 1.807) is 6.92 Å². The number of hydrogen-bond acceptors (Lipinski definition) is 0. The van der Waals surface area contributed by atoms with Gasteiger partial charge in [0.2, 0.25) is 0 Å². The number of hydrogen-bond donors (Lipinski definition) is 0. The van der Waals surface area contributed by atoms with Crippen LogP contribution in [0.15, 0.2) is 23.8 Å². The van der Waals surface area contributed by atoms with Crippen molar-refractivity contribution < 1.29 is 13.2 Å². The van der Waals surface area contributed by atoms with Crippen molar-refractivity contribution >= 4 is 11.6 Å². The van der Waals surface area contributed by atoms with E-state index in [0.717, 1.165) is 11.6 Å². The Morgan fingerprint density at radius 1 is 1.42 bits per heavy atom. The average Bonchev–Trinajstić information content (AvgIpc) is 1.83. The van der Waals surface area contributed by atoms with Crippen molar-refractivity contribution in [3.8, 4) is 0 Å². The van der Waals surface area contributed by atoms with Gasteiger partial charge < -0.3 is 0 Å². The van der Waals surface area contributed by atoms with Gasteiger partial charge in [0.15, 0.2) is 0 Å². The Hall–Kier alpha value is -0.440. The second-order valence-corrected chi connectivity index (χ2v) is 3.29. The van der Waals surface area contributed by atoms with Crippen LogP contribution in [0.3, 0.4) is 0 Å². The second-order valence-electron chi connectivity index (χ2n) is 2.78. The lowest BCUT2D eigenvalue weighted by Crippen LogP contribution is -2.29. The number of rotatable bonds is 0. The smallest absolute Gasteiger partial charge is 0.170 e. The fourth-order valence-corrected chi connectivity index (χ4v) is 1.49. The molecule has 68 valence electrons. The van der Waals surface area contributed by atoms with Crippen LogP contribution in [-0.2, 0) is 0 Å². The van der Waals surface area contributed by atoms with Gasteiger partial charge in [-0.2, -0.15) is 13.2 Å². The van der Waals surface area contributed by atoms with E-state index in [2.05, 4.69) is 0 Å². The lowest BCUT2D eigenvalue weighted by Gasteiger charge is -2.22. The molecule has 0 aromatic heterocycles. The third-order valence-corrected chi connectivity index (χ3v) is 2.11. The van der Waals surface area contributed by atoms with Gasteiger partial charge in [-0.1, -0.05) is 23.8 Å². The van der Waals surface area contributed by atoms with Crippen LogP contribution < -0.4 is 0 Å². The first-order valence-corrected chi connectivity index (χ1v) is 3.92. The van der Waals surface area contributed by atoms with Crippen LogP contribution >= 0.6 is 11.6 Å². The van der Waals surface area contributed by atoms with E-state index in [1.807, 2.05) is 0 Å². The molecule has 0 saturated heterocycles. The summed E-state index contributed by atoms with van der Waals surface area (Å²) in [6, 6.07) is 0. The molecule has 4 heteroatoms. The van der Waals surface area contributed by atoms with Gasteiger partial charge in [0.05, 0.1) is 11.3 Å². The van der Waals surface area contributed by atoms with Crippen molar-refractivity contribution in [2.24, 2.45) is 5.92 Å². The monoisotopic (exact) mass is 196 g/mol. The minimum Gasteiger partial charge on any atom is -0.170 e. The van der Waals surface area contributed by atoms with E-state index in [0.29, 0.717) is 0 Å². The number of halogens is 4. The van der Waals surface area contributed by atoms with Gasteiger partial charge in [0, 0.05) is 0 Å². The summed E-state index contributed by atoms with van der Waals surface area (Å²) in [6.07, 6.45) is -0.274. The summed E-state index contributed by atoms with van der Waals surface area (Å²) in [4.78, 5) is 0. The van der Waals surface area contributed by atoms with Gasteiger partial charge in [-0.05, 0) is 6.92 Å². The van der Waals surface area contributed by atoms with Crippen LogP contribution in [0.5, 0.6) is 0 Å². The normalized spacial score (nSPS) is 30.2. The fraction of sp³-hybridized carbons (Fsp3) is 0.500. The van der Waals surface area contributed by atoms with Crippen LogP contribution in [0.25, 0.3) is 0 Å². The molecule has 1 aliphatic rings. The second kappa shape index (κ2) is 3.13. The number of alkyl halides is 4. The maximum absolute atomic E-state index is 12.2. The molecule has 0 amide bonds. The van der Waals surface area contributed by atoms with Crippen molar-refractivity contribution in [3.63, 3.8) is 0 Å².